The Balaban J connectivity index is 1.41. The van der Waals surface area contributed by atoms with E-state index >= 15 is 0 Å². The van der Waals surface area contributed by atoms with Crippen LogP contribution in [0.15, 0.2) is 127 Å². The molecule has 0 radical (unpaired) electrons. The first kappa shape index (κ1) is 21.7. The Morgan fingerprint density at radius 1 is 0.412 bits per heavy atom. The Bertz CT molecular complexity index is 1230. The lowest BCUT2D eigenvalue weighted by Crippen LogP contribution is -2.23. The second-order valence-electron chi connectivity index (χ2n) is 8.39. The number of aromatic nitrogens is 2. The van der Waals surface area contributed by atoms with Crippen LogP contribution in [0.25, 0.3) is 22.5 Å². The molecule has 0 N–H and O–H groups in total. The van der Waals surface area contributed by atoms with Gasteiger partial charge in [-0.3, -0.25) is 14.9 Å². The van der Waals surface area contributed by atoms with E-state index in [-0.39, 0.29) is 0 Å². The third kappa shape index (κ3) is 5.64. The van der Waals surface area contributed by atoms with Gasteiger partial charge in [-0.25, -0.2) is 0 Å². The maximum Gasteiger partial charge on any atom is 0.0705 e. The lowest BCUT2D eigenvalue weighted by Gasteiger charge is -2.22. The van der Waals surface area contributed by atoms with Crippen LogP contribution in [0.2, 0.25) is 0 Å². The van der Waals surface area contributed by atoms with Gasteiger partial charge in [-0.05, 0) is 29.8 Å². The molecule has 0 atom stereocenters. The minimum atomic E-state index is 0.743. The van der Waals surface area contributed by atoms with Crippen molar-refractivity contribution in [3.05, 3.63) is 144 Å². The van der Waals surface area contributed by atoms with Crippen molar-refractivity contribution in [2.75, 3.05) is 0 Å². The van der Waals surface area contributed by atoms with Crippen molar-refractivity contribution in [2.24, 2.45) is 0 Å². The fourth-order valence-electron chi connectivity index (χ4n) is 4.14. The van der Waals surface area contributed by atoms with Crippen molar-refractivity contribution >= 4 is 0 Å². The summed E-state index contributed by atoms with van der Waals surface area (Å²) in [7, 11) is 0. The van der Waals surface area contributed by atoms with Crippen LogP contribution < -0.4 is 0 Å². The van der Waals surface area contributed by atoms with Gasteiger partial charge in [-0.1, -0.05) is 103 Å². The normalized spacial score (nSPS) is 11.0. The molecule has 5 aromatic rings. The van der Waals surface area contributed by atoms with E-state index in [4.69, 9.17) is 9.97 Å². The van der Waals surface area contributed by atoms with Crippen molar-refractivity contribution in [3.8, 4) is 22.5 Å². The Hall–Kier alpha value is -4.08. The van der Waals surface area contributed by atoms with Gasteiger partial charge >= 0.3 is 0 Å². The smallest absolute Gasteiger partial charge is 0.0705 e. The zero-order valence-electron chi connectivity index (χ0n) is 19.1. The summed E-state index contributed by atoms with van der Waals surface area (Å²) in [5, 5.41) is 0. The molecule has 3 nitrogen and oxygen atoms in total. The van der Waals surface area contributed by atoms with Gasteiger partial charge in [-0.2, -0.15) is 0 Å². The lowest BCUT2D eigenvalue weighted by molar-refractivity contribution is 0.242. The molecule has 0 amide bonds. The molecule has 0 unspecified atom stereocenters. The third-order valence-corrected chi connectivity index (χ3v) is 5.77. The standard InChI is InChI=1S/C31H27N3/c1-4-12-25(13-5-1)22-34(23-28-18-10-20-30(32-28)26-14-6-2-7-15-26)24-29-19-11-21-31(33-29)27-16-8-3-9-17-27/h1-21H,22-24H2. The van der Waals surface area contributed by atoms with E-state index in [1.807, 2.05) is 12.1 Å². The summed E-state index contributed by atoms with van der Waals surface area (Å²) in [4.78, 5) is 12.3. The van der Waals surface area contributed by atoms with Gasteiger partial charge in [-0.15, -0.1) is 0 Å². The first-order valence-corrected chi connectivity index (χ1v) is 11.6. The van der Waals surface area contributed by atoms with Gasteiger partial charge in [0.25, 0.3) is 0 Å². The van der Waals surface area contributed by atoms with Gasteiger partial charge in [0.15, 0.2) is 0 Å². The average molecular weight is 442 g/mol. The van der Waals surface area contributed by atoms with E-state index in [1.165, 1.54) is 5.56 Å². The number of rotatable bonds is 8. The zero-order chi connectivity index (χ0) is 23.0. The molecule has 2 aromatic heterocycles. The molecule has 0 bridgehead atoms. The summed E-state index contributed by atoms with van der Waals surface area (Å²) in [5.74, 6) is 0. The largest absolute Gasteiger partial charge is 0.287 e. The second kappa shape index (κ2) is 10.7. The Labute approximate surface area is 201 Å². The Morgan fingerprint density at radius 3 is 1.32 bits per heavy atom. The molecule has 0 spiro atoms. The summed E-state index contributed by atoms with van der Waals surface area (Å²) in [6.45, 7) is 2.31. The molecule has 0 fully saturated rings. The number of pyridine rings is 2. The molecule has 2 heterocycles. The first-order chi connectivity index (χ1) is 16.8. The maximum atomic E-state index is 4.97. The van der Waals surface area contributed by atoms with Gasteiger partial charge in [0.2, 0.25) is 0 Å². The fraction of sp³-hybridized carbons (Fsp3) is 0.0968. The van der Waals surface area contributed by atoms with Crippen LogP contribution in [0.3, 0.4) is 0 Å². The third-order valence-electron chi connectivity index (χ3n) is 5.77. The molecular formula is C31H27N3. The summed E-state index contributed by atoms with van der Waals surface area (Å²) in [5.41, 5.74) is 7.66. The lowest BCUT2D eigenvalue weighted by atomic mass is 10.1. The second-order valence-corrected chi connectivity index (χ2v) is 8.39. The molecule has 34 heavy (non-hydrogen) atoms. The SMILES string of the molecule is c1ccc(CN(Cc2cccc(-c3ccccc3)n2)Cc2cccc(-c3ccccc3)n2)cc1. The average Bonchev–Trinajstić information content (AvgIpc) is 2.91. The molecule has 3 heteroatoms. The zero-order valence-corrected chi connectivity index (χ0v) is 19.1. The topological polar surface area (TPSA) is 29.0 Å². The quantitative estimate of drug-likeness (QED) is 0.259. The first-order valence-electron chi connectivity index (χ1n) is 11.6. The van der Waals surface area contributed by atoms with Gasteiger partial charge in [0, 0.05) is 30.8 Å². The van der Waals surface area contributed by atoms with Crippen LogP contribution in [-0.4, -0.2) is 14.9 Å². The number of hydrogen-bond donors (Lipinski definition) is 0. The minimum absolute atomic E-state index is 0.743. The molecule has 0 saturated carbocycles. The summed E-state index contributed by atoms with van der Waals surface area (Å²) < 4.78 is 0. The number of hydrogen-bond acceptors (Lipinski definition) is 3. The Kier molecular flexibility index (Phi) is 6.84. The van der Waals surface area contributed by atoms with Crippen LogP contribution >= 0.6 is 0 Å². The fourth-order valence-corrected chi connectivity index (χ4v) is 4.14. The molecule has 0 saturated heterocycles. The van der Waals surface area contributed by atoms with Gasteiger partial charge in [0.05, 0.1) is 22.8 Å². The van der Waals surface area contributed by atoms with E-state index in [0.717, 1.165) is 53.5 Å². The van der Waals surface area contributed by atoms with Crippen molar-refractivity contribution in [1.29, 1.82) is 0 Å². The van der Waals surface area contributed by atoms with Crippen LogP contribution in [0, 0.1) is 0 Å². The van der Waals surface area contributed by atoms with Crippen molar-refractivity contribution < 1.29 is 0 Å². The summed E-state index contributed by atoms with van der Waals surface area (Å²) >= 11 is 0. The highest BCUT2D eigenvalue weighted by Gasteiger charge is 2.12. The summed E-state index contributed by atoms with van der Waals surface area (Å²) in [6, 6.07) is 43.9. The van der Waals surface area contributed by atoms with Crippen LogP contribution in [0.5, 0.6) is 0 Å². The molecule has 5 rings (SSSR count). The summed E-state index contributed by atoms with van der Waals surface area (Å²) in [6.07, 6.45) is 0. The predicted molar refractivity (Wildman–Crippen MR) is 139 cm³/mol. The van der Waals surface area contributed by atoms with Crippen molar-refractivity contribution in [1.82, 2.24) is 14.9 Å². The minimum Gasteiger partial charge on any atom is -0.287 e. The highest BCUT2D eigenvalue weighted by Crippen LogP contribution is 2.20. The maximum absolute atomic E-state index is 4.97. The van der Waals surface area contributed by atoms with Crippen molar-refractivity contribution in [3.63, 3.8) is 0 Å². The van der Waals surface area contributed by atoms with E-state index in [2.05, 4.69) is 120 Å². The molecule has 0 aliphatic heterocycles. The molecule has 3 aromatic carbocycles. The van der Waals surface area contributed by atoms with E-state index in [1.54, 1.807) is 0 Å². The van der Waals surface area contributed by atoms with E-state index in [0.29, 0.717) is 0 Å². The van der Waals surface area contributed by atoms with E-state index < -0.39 is 0 Å². The molecule has 0 aliphatic carbocycles. The van der Waals surface area contributed by atoms with Gasteiger partial charge in [0.1, 0.15) is 0 Å². The monoisotopic (exact) mass is 441 g/mol. The van der Waals surface area contributed by atoms with Gasteiger partial charge < -0.3 is 0 Å². The highest BCUT2D eigenvalue weighted by atomic mass is 15.1. The number of benzene rings is 3. The van der Waals surface area contributed by atoms with Crippen LogP contribution in [0.4, 0.5) is 0 Å². The number of nitrogens with zero attached hydrogens (tertiary/aromatic N) is 3. The Morgan fingerprint density at radius 2 is 0.853 bits per heavy atom. The predicted octanol–water partition coefficient (Wildman–Crippen LogP) is 7.01. The van der Waals surface area contributed by atoms with Crippen molar-refractivity contribution in [2.45, 2.75) is 19.6 Å². The van der Waals surface area contributed by atoms with Crippen LogP contribution in [0.1, 0.15) is 17.0 Å². The molecule has 0 aliphatic rings. The highest BCUT2D eigenvalue weighted by molar-refractivity contribution is 5.59. The van der Waals surface area contributed by atoms with Crippen LogP contribution in [-0.2, 0) is 19.6 Å². The molecular weight excluding hydrogens is 414 g/mol. The van der Waals surface area contributed by atoms with E-state index in [9.17, 15) is 0 Å². The molecule has 166 valence electrons.